The van der Waals surface area contributed by atoms with E-state index in [9.17, 15) is 12.8 Å². The second kappa shape index (κ2) is 4.30. The van der Waals surface area contributed by atoms with Crippen molar-refractivity contribution in [2.75, 3.05) is 10.5 Å². The van der Waals surface area contributed by atoms with Crippen LogP contribution in [0.3, 0.4) is 0 Å². The predicted octanol–water partition coefficient (Wildman–Crippen LogP) is 1.51. The number of nitrogens with one attached hydrogen (secondary N) is 1. The van der Waals surface area contributed by atoms with Crippen LogP contribution in [0.2, 0.25) is 0 Å². The van der Waals surface area contributed by atoms with E-state index in [1.165, 1.54) is 6.07 Å². The van der Waals surface area contributed by atoms with Gasteiger partial charge in [0.15, 0.2) is 5.82 Å². The van der Waals surface area contributed by atoms with Gasteiger partial charge in [-0.25, -0.2) is 12.8 Å². The molecule has 0 radical (unpaired) electrons. The molecule has 0 aliphatic rings. The van der Waals surface area contributed by atoms with Crippen molar-refractivity contribution in [1.29, 1.82) is 0 Å². The van der Waals surface area contributed by atoms with Crippen LogP contribution in [0.25, 0.3) is 0 Å². The van der Waals surface area contributed by atoms with Crippen molar-refractivity contribution in [2.24, 2.45) is 0 Å². The summed E-state index contributed by atoms with van der Waals surface area (Å²) in [6, 6.07) is 4.44. The smallest absolute Gasteiger partial charge is 0.265 e. The summed E-state index contributed by atoms with van der Waals surface area (Å²) in [7, 11) is -3.91. The zero-order valence-electron chi connectivity index (χ0n) is 9.34. The first-order valence-corrected chi connectivity index (χ1v) is 6.38. The third-order valence-corrected chi connectivity index (χ3v) is 3.56. The largest absolute Gasteiger partial charge is 0.398 e. The van der Waals surface area contributed by atoms with Gasteiger partial charge in [0, 0.05) is 6.07 Å². The van der Waals surface area contributed by atoms with Crippen LogP contribution in [0.4, 0.5) is 15.9 Å². The third-order valence-electron chi connectivity index (χ3n) is 2.13. The Morgan fingerprint density at radius 2 is 2.11 bits per heavy atom. The highest BCUT2D eigenvalue weighted by Gasteiger charge is 2.19. The molecule has 0 amide bonds. The van der Waals surface area contributed by atoms with Gasteiger partial charge < -0.3 is 10.3 Å². The monoisotopic (exact) mass is 271 g/mol. The number of nitrogens with zero attached hydrogens (tertiary/aromatic N) is 1. The first-order chi connectivity index (χ1) is 8.38. The fourth-order valence-electron chi connectivity index (χ4n) is 1.37. The van der Waals surface area contributed by atoms with Crippen LogP contribution in [0.15, 0.2) is 33.7 Å². The molecule has 0 saturated carbocycles. The van der Waals surface area contributed by atoms with E-state index in [2.05, 4.69) is 9.88 Å². The quantitative estimate of drug-likeness (QED) is 0.824. The second-order valence-corrected chi connectivity index (χ2v) is 5.26. The molecule has 0 fully saturated rings. The summed E-state index contributed by atoms with van der Waals surface area (Å²) in [5.74, 6) is -0.111. The third kappa shape index (κ3) is 2.43. The molecule has 3 N–H and O–H groups in total. The van der Waals surface area contributed by atoms with Crippen molar-refractivity contribution in [3.05, 3.63) is 35.8 Å². The summed E-state index contributed by atoms with van der Waals surface area (Å²) in [6.45, 7) is 1.62. The summed E-state index contributed by atoms with van der Waals surface area (Å²) in [5, 5.41) is 3.49. The number of aromatic nitrogens is 1. The number of nitrogen functional groups attached to an aromatic ring is 1. The number of sulfonamides is 1. The molecule has 2 aromatic rings. The Balaban J connectivity index is 2.36. The maximum absolute atomic E-state index is 12.8. The molecule has 0 spiro atoms. The van der Waals surface area contributed by atoms with Gasteiger partial charge in [-0.05, 0) is 25.1 Å². The first-order valence-electron chi connectivity index (χ1n) is 4.89. The van der Waals surface area contributed by atoms with E-state index in [1.54, 1.807) is 6.92 Å². The summed E-state index contributed by atoms with van der Waals surface area (Å²) in [4.78, 5) is -0.218. The molecule has 6 nitrogen and oxygen atoms in total. The molecule has 2 rings (SSSR count). The number of benzene rings is 1. The number of anilines is 2. The molecule has 0 unspecified atom stereocenters. The van der Waals surface area contributed by atoms with E-state index in [4.69, 9.17) is 10.3 Å². The Bertz CT molecular complexity index is 681. The number of nitrogens with two attached hydrogens (primary N) is 1. The predicted molar refractivity (Wildman–Crippen MR) is 62.9 cm³/mol. The lowest BCUT2D eigenvalue weighted by atomic mass is 10.3. The van der Waals surface area contributed by atoms with E-state index in [-0.39, 0.29) is 16.4 Å². The summed E-state index contributed by atoms with van der Waals surface area (Å²) in [5.41, 5.74) is 5.29. The van der Waals surface area contributed by atoms with Crippen molar-refractivity contribution >= 4 is 21.5 Å². The van der Waals surface area contributed by atoms with Crippen LogP contribution < -0.4 is 10.5 Å². The molecule has 0 aliphatic heterocycles. The van der Waals surface area contributed by atoms with E-state index < -0.39 is 15.8 Å². The van der Waals surface area contributed by atoms with Crippen LogP contribution in [-0.4, -0.2) is 13.6 Å². The summed E-state index contributed by atoms with van der Waals surface area (Å²) >= 11 is 0. The van der Waals surface area contributed by atoms with Crippen molar-refractivity contribution in [2.45, 2.75) is 11.8 Å². The molecule has 0 aliphatic carbocycles. The Morgan fingerprint density at radius 1 is 1.39 bits per heavy atom. The van der Waals surface area contributed by atoms with Crippen LogP contribution >= 0.6 is 0 Å². The topological polar surface area (TPSA) is 98.2 Å². The van der Waals surface area contributed by atoms with Crippen LogP contribution in [0.1, 0.15) is 5.76 Å². The molecule has 1 aromatic carbocycles. The molecule has 1 aromatic heterocycles. The number of aryl methyl sites for hydroxylation is 1. The standard InChI is InChI=1S/C10H10FN3O3S/c1-6-4-10(13-17-6)14-18(15,16)9-3-2-7(11)5-8(9)12/h2-5H,12H2,1H3,(H,13,14). The Morgan fingerprint density at radius 3 is 2.67 bits per heavy atom. The number of halogens is 1. The van der Waals surface area contributed by atoms with Crippen molar-refractivity contribution in [3.63, 3.8) is 0 Å². The molecule has 8 heteroatoms. The van der Waals surface area contributed by atoms with Crippen LogP contribution in [-0.2, 0) is 10.0 Å². The first kappa shape index (κ1) is 12.4. The average Bonchev–Trinajstić information content (AvgIpc) is 2.62. The molecule has 0 atom stereocenters. The van der Waals surface area contributed by atoms with Gasteiger partial charge in [-0.15, -0.1) is 0 Å². The highest BCUT2D eigenvalue weighted by atomic mass is 32.2. The highest BCUT2D eigenvalue weighted by molar-refractivity contribution is 7.92. The van der Waals surface area contributed by atoms with Gasteiger partial charge in [0.05, 0.1) is 5.69 Å². The fourth-order valence-corrected chi connectivity index (χ4v) is 2.47. The minimum absolute atomic E-state index is 0.0382. The van der Waals surface area contributed by atoms with Crippen molar-refractivity contribution in [1.82, 2.24) is 5.16 Å². The van der Waals surface area contributed by atoms with Gasteiger partial charge in [0.1, 0.15) is 16.5 Å². The maximum atomic E-state index is 12.8. The summed E-state index contributed by atoms with van der Waals surface area (Å²) < 4.78 is 43.6. The van der Waals surface area contributed by atoms with E-state index in [1.807, 2.05) is 0 Å². The van der Waals surface area contributed by atoms with Crippen molar-refractivity contribution < 1.29 is 17.3 Å². The molecular formula is C10H10FN3O3S. The lowest BCUT2D eigenvalue weighted by Gasteiger charge is -2.07. The van der Waals surface area contributed by atoms with Gasteiger partial charge in [-0.3, -0.25) is 4.72 Å². The fraction of sp³-hybridized carbons (Fsp3) is 0.100. The Hall–Kier alpha value is -2.09. The van der Waals surface area contributed by atoms with E-state index >= 15 is 0 Å². The molecular weight excluding hydrogens is 261 g/mol. The molecule has 0 bridgehead atoms. The van der Waals surface area contributed by atoms with Gasteiger partial charge in [-0.2, -0.15) is 0 Å². The maximum Gasteiger partial charge on any atom is 0.265 e. The number of hydrogen-bond acceptors (Lipinski definition) is 5. The second-order valence-electron chi connectivity index (χ2n) is 3.61. The molecule has 1 heterocycles. The Labute approximate surface area is 103 Å². The lowest BCUT2D eigenvalue weighted by Crippen LogP contribution is -2.15. The van der Waals surface area contributed by atoms with Gasteiger partial charge in [0.2, 0.25) is 0 Å². The zero-order chi connectivity index (χ0) is 13.3. The van der Waals surface area contributed by atoms with Crippen LogP contribution in [0.5, 0.6) is 0 Å². The Kier molecular flexibility index (Phi) is 2.95. The number of rotatable bonds is 3. The molecule has 0 saturated heterocycles. The number of hydrogen-bond donors (Lipinski definition) is 2. The van der Waals surface area contributed by atoms with E-state index in [0.29, 0.717) is 5.76 Å². The lowest BCUT2D eigenvalue weighted by molar-refractivity contribution is 0.400. The highest BCUT2D eigenvalue weighted by Crippen LogP contribution is 2.22. The van der Waals surface area contributed by atoms with Crippen LogP contribution in [0, 0.1) is 12.7 Å². The SMILES string of the molecule is Cc1cc(NS(=O)(=O)c2ccc(F)cc2N)no1. The van der Waals surface area contributed by atoms with Gasteiger partial charge in [0.25, 0.3) is 10.0 Å². The van der Waals surface area contributed by atoms with Crippen molar-refractivity contribution in [3.8, 4) is 0 Å². The van der Waals surface area contributed by atoms with Gasteiger partial charge >= 0.3 is 0 Å². The summed E-state index contributed by atoms with van der Waals surface area (Å²) in [6.07, 6.45) is 0. The van der Waals surface area contributed by atoms with E-state index in [0.717, 1.165) is 18.2 Å². The van der Waals surface area contributed by atoms with Gasteiger partial charge in [-0.1, -0.05) is 5.16 Å². The minimum atomic E-state index is -3.91. The molecule has 96 valence electrons. The molecule has 18 heavy (non-hydrogen) atoms. The average molecular weight is 271 g/mol. The normalized spacial score (nSPS) is 11.4. The minimum Gasteiger partial charge on any atom is -0.398 e. The zero-order valence-corrected chi connectivity index (χ0v) is 10.2.